The van der Waals surface area contributed by atoms with E-state index < -0.39 is 5.54 Å². The summed E-state index contributed by atoms with van der Waals surface area (Å²) < 4.78 is 5.44. The molecule has 4 nitrogen and oxygen atoms in total. The SMILES string of the molecule is CC(C)COCCCNC(=O)C1(N)CCCC1.Cl. The standard InChI is InChI=1S/C13H26N2O2.ClH/c1-11(2)10-17-9-5-8-15-12(16)13(14)6-3-4-7-13;/h11H,3-10,14H2,1-2H3,(H,15,16);1H. The van der Waals surface area contributed by atoms with Gasteiger partial charge in [-0.2, -0.15) is 0 Å². The fourth-order valence-corrected chi connectivity index (χ4v) is 2.10. The molecule has 0 radical (unpaired) electrons. The van der Waals surface area contributed by atoms with E-state index >= 15 is 0 Å². The summed E-state index contributed by atoms with van der Waals surface area (Å²) in [6, 6.07) is 0. The lowest BCUT2D eigenvalue weighted by Gasteiger charge is -2.22. The van der Waals surface area contributed by atoms with Crippen molar-refractivity contribution in [2.75, 3.05) is 19.8 Å². The highest BCUT2D eigenvalue weighted by molar-refractivity contribution is 5.86. The number of nitrogens with one attached hydrogen (secondary N) is 1. The van der Waals surface area contributed by atoms with E-state index in [2.05, 4.69) is 19.2 Å². The average Bonchev–Trinajstić information content (AvgIpc) is 2.71. The largest absolute Gasteiger partial charge is 0.381 e. The van der Waals surface area contributed by atoms with Gasteiger partial charge in [-0.3, -0.25) is 4.79 Å². The summed E-state index contributed by atoms with van der Waals surface area (Å²) in [5.74, 6) is 0.578. The van der Waals surface area contributed by atoms with Crippen LogP contribution in [0.5, 0.6) is 0 Å². The lowest BCUT2D eigenvalue weighted by molar-refractivity contribution is -0.126. The van der Waals surface area contributed by atoms with Crippen molar-refractivity contribution in [3.05, 3.63) is 0 Å². The van der Waals surface area contributed by atoms with E-state index in [1.807, 2.05) is 0 Å². The van der Waals surface area contributed by atoms with Crippen LogP contribution in [0.15, 0.2) is 0 Å². The van der Waals surface area contributed by atoms with Crippen LogP contribution in [0, 0.1) is 5.92 Å². The number of ether oxygens (including phenoxy) is 1. The molecule has 1 fully saturated rings. The highest BCUT2D eigenvalue weighted by Gasteiger charge is 2.36. The van der Waals surface area contributed by atoms with Crippen molar-refractivity contribution >= 4 is 18.3 Å². The van der Waals surface area contributed by atoms with E-state index in [1.165, 1.54) is 0 Å². The van der Waals surface area contributed by atoms with Crippen molar-refractivity contribution in [2.45, 2.75) is 51.5 Å². The van der Waals surface area contributed by atoms with Crippen LogP contribution < -0.4 is 11.1 Å². The molecule has 18 heavy (non-hydrogen) atoms. The minimum atomic E-state index is -0.598. The zero-order chi connectivity index (χ0) is 12.7. The summed E-state index contributed by atoms with van der Waals surface area (Å²) in [5.41, 5.74) is 5.44. The number of amides is 1. The molecule has 108 valence electrons. The fourth-order valence-electron chi connectivity index (χ4n) is 2.10. The van der Waals surface area contributed by atoms with Gasteiger partial charge in [-0.05, 0) is 25.2 Å². The van der Waals surface area contributed by atoms with Gasteiger partial charge in [-0.1, -0.05) is 26.7 Å². The summed E-state index contributed by atoms with van der Waals surface area (Å²) >= 11 is 0. The van der Waals surface area contributed by atoms with Crippen LogP contribution in [0.3, 0.4) is 0 Å². The average molecular weight is 279 g/mol. The van der Waals surface area contributed by atoms with Gasteiger partial charge in [-0.25, -0.2) is 0 Å². The molecule has 0 aromatic heterocycles. The maximum Gasteiger partial charge on any atom is 0.240 e. The molecule has 1 aliphatic carbocycles. The molecule has 0 bridgehead atoms. The molecule has 3 N–H and O–H groups in total. The quantitative estimate of drug-likeness (QED) is 0.699. The van der Waals surface area contributed by atoms with E-state index in [1.54, 1.807) is 0 Å². The lowest BCUT2D eigenvalue weighted by Crippen LogP contribution is -2.52. The van der Waals surface area contributed by atoms with Crippen molar-refractivity contribution in [3.63, 3.8) is 0 Å². The van der Waals surface area contributed by atoms with Crippen LogP contribution in [-0.4, -0.2) is 31.2 Å². The van der Waals surface area contributed by atoms with Crippen LogP contribution in [-0.2, 0) is 9.53 Å². The van der Waals surface area contributed by atoms with Crippen molar-refractivity contribution in [2.24, 2.45) is 11.7 Å². The first-order valence-corrected chi connectivity index (χ1v) is 6.69. The maximum atomic E-state index is 11.8. The molecule has 1 rings (SSSR count). The molecule has 1 aliphatic rings. The van der Waals surface area contributed by atoms with E-state index in [4.69, 9.17) is 10.5 Å². The van der Waals surface area contributed by atoms with Gasteiger partial charge in [0.1, 0.15) is 0 Å². The van der Waals surface area contributed by atoms with Gasteiger partial charge in [0, 0.05) is 19.8 Å². The summed E-state index contributed by atoms with van der Waals surface area (Å²) in [5, 5.41) is 2.91. The third-order valence-electron chi connectivity index (χ3n) is 3.15. The molecular formula is C13H27ClN2O2. The van der Waals surface area contributed by atoms with Crippen LogP contribution in [0.1, 0.15) is 46.0 Å². The molecule has 0 atom stereocenters. The zero-order valence-corrected chi connectivity index (χ0v) is 12.4. The zero-order valence-electron chi connectivity index (χ0n) is 11.5. The van der Waals surface area contributed by atoms with E-state index in [0.29, 0.717) is 19.1 Å². The highest BCUT2D eigenvalue weighted by Crippen LogP contribution is 2.27. The second kappa shape index (κ2) is 8.73. The highest BCUT2D eigenvalue weighted by atomic mass is 35.5. The monoisotopic (exact) mass is 278 g/mol. The summed E-state index contributed by atoms with van der Waals surface area (Å²) in [4.78, 5) is 11.8. The second-order valence-electron chi connectivity index (χ2n) is 5.44. The van der Waals surface area contributed by atoms with Gasteiger partial charge >= 0.3 is 0 Å². The Labute approximate surface area is 116 Å². The minimum Gasteiger partial charge on any atom is -0.381 e. The van der Waals surface area contributed by atoms with E-state index in [0.717, 1.165) is 38.7 Å². The minimum absolute atomic E-state index is 0. The Morgan fingerprint density at radius 2 is 2.00 bits per heavy atom. The molecule has 0 aromatic rings. The summed E-state index contributed by atoms with van der Waals surface area (Å²) in [6.07, 6.45) is 4.64. The van der Waals surface area contributed by atoms with Gasteiger partial charge in [0.15, 0.2) is 0 Å². The number of carbonyl (C=O) groups is 1. The van der Waals surface area contributed by atoms with Gasteiger partial charge < -0.3 is 15.8 Å². The molecule has 0 aromatic carbocycles. The van der Waals surface area contributed by atoms with Gasteiger partial charge in [-0.15, -0.1) is 12.4 Å². The third-order valence-corrected chi connectivity index (χ3v) is 3.15. The van der Waals surface area contributed by atoms with Crippen molar-refractivity contribution in [1.82, 2.24) is 5.32 Å². The Morgan fingerprint density at radius 1 is 1.39 bits per heavy atom. The molecule has 5 heteroatoms. The van der Waals surface area contributed by atoms with Crippen LogP contribution in [0.4, 0.5) is 0 Å². The second-order valence-corrected chi connectivity index (χ2v) is 5.44. The first-order chi connectivity index (χ1) is 8.04. The Bertz CT molecular complexity index is 241. The van der Waals surface area contributed by atoms with Crippen molar-refractivity contribution in [1.29, 1.82) is 0 Å². The predicted octanol–water partition coefficient (Wildman–Crippen LogP) is 1.86. The molecule has 0 heterocycles. The number of halogens is 1. The first kappa shape index (κ1) is 17.7. The van der Waals surface area contributed by atoms with Crippen molar-refractivity contribution < 1.29 is 9.53 Å². The Balaban J connectivity index is 0.00000289. The molecule has 0 spiro atoms. The molecule has 0 saturated heterocycles. The maximum absolute atomic E-state index is 11.8. The van der Waals surface area contributed by atoms with Gasteiger partial charge in [0.05, 0.1) is 5.54 Å². The number of hydrogen-bond acceptors (Lipinski definition) is 3. The summed E-state index contributed by atoms with van der Waals surface area (Å²) in [7, 11) is 0. The lowest BCUT2D eigenvalue weighted by atomic mass is 9.98. The molecular weight excluding hydrogens is 252 g/mol. The van der Waals surface area contributed by atoms with Gasteiger partial charge in [0.2, 0.25) is 5.91 Å². The topological polar surface area (TPSA) is 64.3 Å². The van der Waals surface area contributed by atoms with Crippen molar-refractivity contribution in [3.8, 4) is 0 Å². The molecule has 1 amide bonds. The number of hydrogen-bond donors (Lipinski definition) is 2. The summed E-state index contributed by atoms with van der Waals surface area (Å²) in [6.45, 7) is 6.40. The third kappa shape index (κ3) is 6.03. The van der Waals surface area contributed by atoms with E-state index in [9.17, 15) is 4.79 Å². The smallest absolute Gasteiger partial charge is 0.240 e. The Morgan fingerprint density at radius 3 is 2.56 bits per heavy atom. The van der Waals surface area contributed by atoms with Crippen LogP contribution in [0.2, 0.25) is 0 Å². The number of rotatable bonds is 7. The molecule has 0 unspecified atom stereocenters. The van der Waals surface area contributed by atoms with Crippen LogP contribution in [0.25, 0.3) is 0 Å². The fraction of sp³-hybridized carbons (Fsp3) is 0.923. The number of nitrogens with two attached hydrogens (primary N) is 1. The normalized spacial score (nSPS) is 17.6. The predicted molar refractivity (Wildman–Crippen MR) is 75.9 cm³/mol. The Hall–Kier alpha value is -0.320. The first-order valence-electron chi connectivity index (χ1n) is 6.69. The molecule has 0 aliphatic heterocycles. The Kier molecular flexibility index (Phi) is 8.57. The van der Waals surface area contributed by atoms with Crippen LogP contribution >= 0.6 is 12.4 Å². The molecule has 1 saturated carbocycles. The number of carbonyl (C=O) groups excluding carboxylic acids is 1. The van der Waals surface area contributed by atoms with E-state index in [-0.39, 0.29) is 18.3 Å². The van der Waals surface area contributed by atoms with Gasteiger partial charge in [0.25, 0.3) is 0 Å².